The van der Waals surface area contributed by atoms with Gasteiger partial charge in [0, 0.05) is 22.5 Å². The van der Waals surface area contributed by atoms with Crippen molar-refractivity contribution in [3.05, 3.63) is 53.0 Å². The van der Waals surface area contributed by atoms with Crippen LogP contribution in [0.4, 0.5) is 5.69 Å². The molecule has 0 aliphatic heterocycles. The largest absolute Gasteiger partial charge is 0.326 e. The van der Waals surface area contributed by atoms with Gasteiger partial charge < -0.3 is 9.88 Å². The fourth-order valence-corrected chi connectivity index (χ4v) is 3.54. The summed E-state index contributed by atoms with van der Waals surface area (Å²) < 4.78 is 1.86. The third-order valence-electron chi connectivity index (χ3n) is 3.36. The molecule has 3 aromatic rings. The number of nitrogens with one attached hydrogen (secondary N) is 1. The lowest BCUT2D eigenvalue weighted by molar-refractivity contribution is -0.117. The van der Waals surface area contributed by atoms with Gasteiger partial charge in [0.1, 0.15) is 6.33 Å². The topological polar surface area (TPSA) is 59.8 Å². The van der Waals surface area contributed by atoms with Gasteiger partial charge in [-0.25, -0.2) is 0 Å². The normalized spacial score (nSPS) is 12.1. The number of carbonyl (C=O) groups is 1. The minimum atomic E-state index is -0.150. The Bertz CT molecular complexity index is 781. The summed E-state index contributed by atoms with van der Waals surface area (Å²) in [5, 5.41) is 13.7. The van der Waals surface area contributed by atoms with E-state index in [1.54, 1.807) is 17.7 Å². The maximum absolute atomic E-state index is 12.3. The second kappa shape index (κ2) is 6.97. The number of hydrogen-bond donors (Lipinski definition) is 1. The molecule has 2 heterocycles. The highest BCUT2D eigenvalue weighted by atomic mass is 32.2. The van der Waals surface area contributed by atoms with Crippen molar-refractivity contribution in [3.63, 3.8) is 0 Å². The lowest BCUT2D eigenvalue weighted by Crippen LogP contribution is -2.17. The first kappa shape index (κ1) is 15.8. The van der Waals surface area contributed by atoms with E-state index < -0.39 is 0 Å². The Balaban J connectivity index is 1.63. The molecule has 2 aromatic heterocycles. The van der Waals surface area contributed by atoms with Crippen LogP contribution in [-0.2, 0) is 11.8 Å². The fourth-order valence-electron chi connectivity index (χ4n) is 1.99. The Morgan fingerprint density at radius 3 is 2.70 bits per heavy atom. The van der Waals surface area contributed by atoms with E-state index >= 15 is 0 Å². The number of carbonyl (C=O) groups excluding carboxylic acids is 1. The third kappa shape index (κ3) is 3.80. The number of rotatable bonds is 5. The maximum Gasteiger partial charge on any atom is 0.232 e. The fraction of sp³-hybridized carbons (Fsp3) is 0.188. The first-order chi connectivity index (χ1) is 11.1. The minimum Gasteiger partial charge on any atom is -0.326 e. The number of anilines is 1. The number of thiophene rings is 1. The van der Waals surface area contributed by atoms with E-state index in [0.29, 0.717) is 0 Å². The summed E-state index contributed by atoms with van der Waals surface area (Å²) in [5.74, 6) is -0.149. The summed E-state index contributed by atoms with van der Waals surface area (Å²) >= 11 is 3.13. The van der Waals surface area contributed by atoms with Crippen molar-refractivity contribution in [2.75, 3.05) is 5.32 Å². The molecular weight excluding hydrogens is 328 g/mol. The zero-order chi connectivity index (χ0) is 16.2. The highest BCUT2D eigenvalue weighted by molar-refractivity contribution is 7.99. The molecule has 5 nitrogen and oxygen atoms in total. The van der Waals surface area contributed by atoms with E-state index in [1.807, 2.05) is 60.3 Å². The van der Waals surface area contributed by atoms with Crippen LogP contribution in [-0.4, -0.2) is 20.7 Å². The van der Waals surface area contributed by atoms with E-state index in [0.717, 1.165) is 20.6 Å². The van der Waals surface area contributed by atoms with Crippen molar-refractivity contribution in [2.45, 2.75) is 22.9 Å². The quantitative estimate of drug-likeness (QED) is 0.765. The molecule has 1 N–H and O–H groups in total. The molecular formula is C16H16N4OS2. The Morgan fingerprint density at radius 2 is 2.09 bits per heavy atom. The SMILES string of the molecule is C[C@@H](C(=O)Nc1ccc(Sc2nncn2C)cc1)c1cccs1. The summed E-state index contributed by atoms with van der Waals surface area (Å²) in [6.07, 6.45) is 1.67. The van der Waals surface area contributed by atoms with Crippen molar-refractivity contribution in [3.8, 4) is 0 Å². The predicted molar refractivity (Wildman–Crippen MR) is 92.9 cm³/mol. The van der Waals surface area contributed by atoms with Crippen molar-refractivity contribution < 1.29 is 4.79 Å². The molecule has 0 aliphatic rings. The number of aryl methyl sites for hydroxylation is 1. The van der Waals surface area contributed by atoms with Crippen LogP contribution >= 0.6 is 23.1 Å². The lowest BCUT2D eigenvalue weighted by Gasteiger charge is -2.11. The minimum absolute atomic E-state index is 0.00107. The van der Waals surface area contributed by atoms with Gasteiger partial charge in [-0.15, -0.1) is 21.5 Å². The molecule has 23 heavy (non-hydrogen) atoms. The molecule has 1 atom stereocenters. The first-order valence-electron chi connectivity index (χ1n) is 7.09. The molecule has 0 saturated carbocycles. The number of benzene rings is 1. The number of aromatic nitrogens is 3. The van der Waals surface area contributed by atoms with Gasteiger partial charge in [0.25, 0.3) is 0 Å². The van der Waals surface area contributed by atoms with Crippen LogP contribution in [0, 0.1) is 0 Å². The van der Waals surface area contributed by atoms with E-state index in [9.17, 15) is 4.79 Å². The van der Waals surface area contributed by atoms with E-state index in [4.69, 9.17) is 0 Å². The third-order valence-corrected chi connectivity index (χ3v) is 5.48. The van der Waals surface area contributed by atoms with Crippen molar-refractivity contribution >= 4 is 34.7 Å². The van der Waals surface area contributed by atoms with Gasteiger partial charge in [-0.1, -0.05) is 6.07 Å². The Labute approximate surface area is 142 Å². The Morgan fingerprint density at radius 1 is 1.30 bits per heavy atom. The van der Waals surface area contributed by atoms with Gasteiger partial charge in [-0.3, -0.25) is 4.79 Å². The van der Waals surface area contributed by atoms with Crippen LogP contribution in [0.5, 0.6) is 0 Å². The van der Waals surface area contributed by atoms with E-state index in [1.165, 1.54) is 11.8 Å². The van der Waals surface area contributed by atoms with Crippen LogP contribution in [0.3, 0.4) is 0 Å². The average molecular weight is 344 g/mol. The molecule has 0 bridgehead atoms. The highest BCUT2D eigenvalue weighted by Gasteiger charge is 2.16. The summed E-state index contributed by atoms with van der Waals surface area (Å²) in [4.78, 5) is 14.4. The van der Waals surface area contributed by atoms with Gasteiger partial charge in [0.05, 0.1) is 5.92 Å². The number of hydrogen-bond acceptors (Lipinski definition) is 5. The Kier molecular flexibility index (Phi) is 4.78. The summed E-state index contributed by atoms with van der Waals surface area (Å²) in [5.41, 5.74) is 0.792. The van der Waals surface area contributed by atoms with Gasteiger partial charge in [0.15, 0.2) is 5.16 Å². The van der Waals surface area contributed by atoms with Gasteiger partial charge >= 0.3 is 0 Å². The summed E-state index contributed by atoms with van der Waals surface area (Å²) in [6, 6.07) is 11.7. The van der Waals surface area contributed by atoms with E-state index in [-0.39, 0.29) is 11.8 Å². The molecule has 3 rings (SSSR count). The first-order valence-corrected chi connectivity index (χ1v) is 8.79. The molecule has 0 radical (unpaired) electrons. The number of nitrogens with zero attached hydrogens (tertiary/aromatic N) is 3. The molecule has 0 saturated heterocycles. The van der Waals surface area contributed by atoms with Gasteiger partial charge in [0.2, 0.25) is 5.91 Å². The molecule has 0 fully saturated rings. The second-order valence-electron chi connectivity index (χ2n) is 5.08. The molecule has 0 spiro atoms. The standard InChI is InChI=1S/C16H16N4OS2/c1-11(14-4-3-9-22-14)15(21)18-12-5-7-13(8-6-12)23-16-19-17-10-20(16)2/h3-11H,1-2H3,(H,18,21)/t11-/m1/s1. The van der Waals surface area contributed by atoms with Crippen LogP contribution < -0.4 is 5.32 Å². The molecule has 1 aromatic carbocycles. The maximum atomic E-state index is 12.3. The van der Waals surface area contributed by atoms with Gasteiger partial charge in [-0.2, -0.15) is 0 Å². The highest BCUT2D eigenvalue weighted by Crippen LogP contribution is 2.27. The Hall–Kier alpha value is -2.12. The second-order valence-corrected chi connectivity index (χ2v) is 7.10. The molecule has 0 aliphatic carbocycles. The van der Waals surface area contributed by atoms with Crippen LogP contribution in [0.1, 0.15) is 17.7 Å². The number of amides is 1. The molecule has 7 heteroatoms. The van der Waals surface area contributed by atoms with Crippen molar-refractivity contribution in [2.24, 2.45) is 7.05 Å². The van der Waals surface area contributed by atoms with Crippen LogP contribution in [0.25, 0.3) is 0 Å². The average Bonchev–Trinajstić information content (AvgIpc) is 3.21. The predicted octanol–water partition coefficient (Wildman–Crippen LogP) is 3.77. The monoisotopic (exact) mass is 344 g/mol. The molecule has 118 valence electrons. The van der Waals surface area contributed by atoms with Gasteiger partial charge in [-0.05, 0) is 54.4 Å². The lowest BCUT2D eigenvalue weighted by atomic mass is 10.1. The van der Waals surface area contributed by atoms with Crippen LogP contribution in [0.2, 0.25) is 0 Å². The summed E-state index contributed by atoms with van der Waals surface area (Å²) in [7, 11) is 1.91. The van der Waals surface area contributed by atoms with E-state index in [2.05, 4.69) is 15.5 Å². The smallest absolute Gasteiger partial charge is 0.232 e. The molecule has 0 unspecified atom stereocenters. The zero-order valence-corrected chi connectivity index (χ0v) is 14.4. The van der Waals surface area contributed by atoms with Crippen molar-refractivity contribution in [1.29, 1.82) is 0 Å². The van der Waals surface area contributed by atoms with Crippen LogP contribution in [0.15, 0.2) is 58.2 Å². The zero-order valence-electron chi connectivity index (χ0n) is 12.8. The summed E-state index contributed by atoms with van der Waals surface area (Å²) in [6.45, 7) is 1.92. The van der Waals surface area contributed by atoms with Crippen molar-refractivity contribution in [1.82, 2.24) is 14.8 Å². The molecule has 1 amide bonds.